The second-order valence-corrected chi connectivity index (χ2v) is 7.14. The van der Waals surface area contributed by atoms with Crippen molar-refractivity contribution < 1.29 is 14.6 Å². The molecule has 0 saturated carbocycles. The molecule has 0 aliphatic carbocycles. The van der Waals surface area contributed by atoms with E-state index in [0.29, 0.717) is 12.5 Å². The summed E-state index contributed by atoms with van der Waals surface area (Å²) in [5, 5.41) is 14.0. The number of aliphatic hydroxyl groups excluding tert-OH is 1. The zero-order valence-electron chi connectivity index (χ0n) is 15.6. The molecule has 24 heavy (non-hydrogen) atoms. The Kier molecular flexibility index (Phi) is 9.67. The number of hydrogen-bond donors (Lipinski definition) is 2. The van der Waals surface area contributed by atoms with Gasteiger partial charge >= 0.3 is 0 Å². The van der Waals surface area contributed by atoms with E-state index in [1.807, 2.05) is 32.9 Å². The van der Waals surface area contributed by atoms with Gasteiger partial charge in [-0.2, -0.15) is 0 Å². The molecular formula is C19H32ClNO3. The lowest BCUT2D eigenvalue weighted by Crippen LogP contribution is -2.32. The average molecular weight is 358 g/mol. The highest BCUT2D eigenvalue weighted by Crippen LogP contribution is 2.32. The van der Waals surface area contributed by atoms with E-state index in [9.17, 15) is 5.11 Å². The molecule has 0 saturated heterocycles. The van der Waals surface area contributed by atoms with Crippen molar-refractivity contribution in [3.63, 3.8) is 0 Å². The van der Waals surface area contributed by atoms with Crippen LogP contribution >= 0.6 is 11.6 Å². The van der Waals surface area contributed by atoms with Crippen molar-refractivity contribution in [2.75, 3.05) is 26.3 Å². The van der Waals surface area contributed by atoms with E-state index < -0.39 is 6.10 Å². The normalized spacial score (nSPS) is 12.9. The molecule has 5 heteroatoms. The van der Waals surface area contributed by atoms with Crippen LogP contribution in [0.1, 0.15) is 51.2 Å². The van der Waals surface area contributed by atoms with E-state index in [2.05, 4.69) is 19.2 Å². The lowest BCUT2D eigenvalue weighted by Gasteiger charge is -2.18. The summed E-state index contributed by atoms with van der Waals surface area (Å²) < 4.78 is 11.3. The van der Waals surface area contributed by atoms with Crippen LogP contribution in [0.2, 0.25) is 5.02 Å². The molecule has 0 radical (unpaired) electrons. The molecule has 1 atom stereocenters. The summed E-state index contributed by atoms with van der Waals surface area (Å²) in [5.74, 6) is 1.12. The Morgan fingerprint density at radius 3 is 2.54 bits per heavy atom. The van der Waals surface area contributed by atoms with Gasteiger partial charge in [0.25, 0.3) is 0 Å². The largest absolute Gasteiger partial charge is 0.491 e. The van der Waals surface area contributed by atoms with Gasteiger partial charge in [-0.3, -0.25) is 0 Å². The number of nitrogens with one attached hydrogen (secondary N) is 1. The van der Waals surface area contributed by atoms with Gasteiger partial charge in [0.2, 0.25) is 0 Å². The van der Waals surface area contributed by atoms with Crippen molar-refractivity contribution in [3.8, 4) is 5.75 Å². The molecular weight excluding hydrogens is 326 g/mol. The number of hydrogen-bond acceptors (Lipinski definition) is 4. The molecule has 4 nitrogen and oxygen atoms in total. The monoisotopic (exact) mass is 357 g/mol. The number of ether oxygens (including phenoxy) is 2. The summed E-state index contributed by atoms with van der Waals surface area (Å²) in [5.41, 5.74) is 2.05. The van der Waals surface area contributed by atoms with Crippen LogP contribution in [0.4, 0.5) is 0 Å². The Hall–Kier alpha value is -0.810. The molecule has 0 aliphatic heterocycles. The van der Waals surface area contributed by atoms with Crippen LogP contribution < -0.4 is 10.1 Å². The van der Waals surface area contributed by atoms with E-state index in [0.717, 1.165) is 41.5 Å². The second kappa shape index (κ2) is 10.9. The van der Waals surface area contributed by atoms with Crippen LogP contribution in [0.3, 0.4) is 0 Å². The molecule has 138 valence electrons. The van der Waals surface area contributed by atoms with Gasteiger partial charge in [0.15, 0.2) is 0 Å². The summed E-state index contributed by atoms with van der Waals surface area (Å²) in [4.78, 5) is 0. The number of halogens is 1. The maximum atomic E-state index is 10.1. The van der Waals surface area contributed by atoms with Gasteiger partial charge in [-0.1, -0.05) is 25.4 Å². The molecule has 0 amide bonds. The molecule has 0 aromatic heterocycles. The highest BCUT2D eigenvalue weighted by molar-refractivity contribution is 6.31. The van der Waals surface area contributed by atoms with Gasteiger partial charge in [0.05, 0.1) is 6.10 Å². The maximum Gasteiger partial charge on any atom is 0.123 e. The number of aliphatic hydroxyl groups is 1. The van der Waals surface area contributed by atoms with Crippen molar-refractivity contribution in [2.24, 2.45) is 0 Å². The number of rotatable bonds is 11. The third-order valence-electron chi connectivity index (χ3n) is 3.67. The topological polar surface area (TPSA) is 50.7 Å². The van der Waals surface area contributed by atoms with Crippen LogP contribution in [0.5, 0.6) is 5.75 Å². The van der Waals surface area contributed by atoms with Crippen molar-refractivity contribution in [3.05, 3.63) is 28.3 Å². The minimum Gasteiger partial charge on any atom is -0.491 e. The van der Waals surface area contributed by atoms with Gasteiger partial charge in [-0.05, 0) is 62.9 Å². The van der Waals surface area contributed by atoms with Gasteiger partial charge in [0, 0.05) is 18.2 Å². The first kappa shape index (κ1) is 21.2. The first-order chi connectivity index (χ1) is 11.3. The molecule has 0 fully saturated rings. The fourth-order valence-electron chi connectivity index (χ4n) is 2.28. The molecule has 1 aromatic carbocycles. The van der Waals surface area contributed by atoms with Crippen LogP contribution in [0.15, 0.2) is 12.1 Å². The van der Waals surface area contributed by atoms with Crippen LogP contribution in [0.25, 0.3) is 0 Å². The van der Waals surface area contributed by atoms with Crippen molar-refractivity contribution >= 4 is 11.6 Å². The average Bonchev–Trinajstić information content (AvgIpc) is 2.50. The Morgan fingerprint density at radius 1 is 1.21 bits per heavy atom. The zero-order valence-corrected chi connectivity index (χ0v) is 16.3. The third kappa shape index (κ3) is 7.84. The standard InChI is InChI=1S/C19H32ClNO3/c1-13(2)17-10-18(20)15(5)9-19(17)24-12-16(22)11-21-7-6-8-23-14(3)4/h9-10,13-14,16,21-22H,6-8,11-12H2,1-5H3/t16-/m0/s1. The smallest absolute Gasteiger partial charge is 0.123 e. The van der Waals surface area contributed by atoms with Gasteiger partial charge < -0.3 is 19.9 Å². The zero-order chi connectivity index (χ0) is 18.1. The van der Waals surface area contributed by atoms with Crippen LogP contribution in [0, 0.1) is 6.92 Å². The molecule has 0 heterocycles. The highest BCUT2D eigenvalue weighted by Gasteiger charge is 2.13. The predicted molar refractivity (Wildman–Crippen MR) is 100 cm³/mol. The molecule has 2 N–H and O–H groups in total. The summed E-state index contributed by atoms with van der Waals surface area (Å²) in [6.45, 7) is 12.5. The van der Waals surface area contributed by atoms with Gasteiger partial charge in [0.1, 0.15) is 18.5 Å². The van der Waals surface area contributed by atoms with Crippen molar-refractivity contribution in [1.29, 1.82) is 0 Å². The summed E-state index contributed by atoms with van der Waals surface area (Å²) in [7, 11) is 0. The first-order valence-corrected chi connectivity index (χ1v) is 9.12. The lowest BCUT2D eigenvalue weighted by molar-refractivity contribution is 0.0748. The van der Waals surface area contributed by atoms with Crippen molar-refractivity contribution in [2.45, 2.75) is 59.2 Å². The maximum absolute atomic E-state index is 10.1. The summed E-state index contributed by atoms with van der Waals surface area (Å²) >= 11 is 6.20. The predicted octanol–water partition coefficient (Wildman–Crippen LogP) is 3.92. The Labute approximate surface area is 151 Å². The third-order valence-corrected chi connectivity index (χ3v) is 4.08. The van der Waals surface area contributed by atoms with E-state index in [1.54, 1.807) is 0 Å². The van der Waals surface area contributed by atoms with Crippen LogP contribution in [-0.2, 0) is 4.74 Å². The van der Waals surface area contributed by atoms with Crippen molar-refractivity contribution in [1.82, 2.24) is 5.32 Å². The minimum atomic E-state index is -0.549. The minimum absolute atomic E-state index is 0.260. The lowest BCUT2D eigenvalue weighted by atomic mass is 10.0. The molecule has 0 aliphatic rings. The number of benzene rings is 1. The highest BCUT2D eigenvalue weighted by atomic mass is 35.5. The van der Waals surface area contributed by atoms with Crippen LogP contribution in [-0.4, -0.2) is 43.6 Å². The van der Waals surface area contributed by atoms with E-state index >= 15 is 0 Å². The summed E-state index contributed by atoms with van der Waals surface area (Å²) in [6, 6.07) is 3.90. The van der Waals surface area contributed by atoms with E-state index in [-0.39, 0.29) is 12.7 Å². The molecule has 0 unspecified atom stereocenters. The SMILES string of the molecule is Cc1cc(OC[C@@H](O)CNCCCOC(C)C)c(C(C)C)cc1Cl. The second-order valence-electron chi connectivity index (χ2n) is 6.74. The van der Waals surface area contributed by atoms with E-state index in [4.69, 9.17) is 21.1 Å². The molecule has 0 bridgehead atoms. The van der Waals surface area contributed by atoms with Gasteiger partial charge in [-0.25, -0.2) is 0 Å². The Bertz CT molecular complexity index is 492. The van der Waals surface area contributed by atoms with E-state index in [1.165, 1.54) is 0 Å². The van der Waals surface area contributed by atoms with Gasteiger partial charge in [-0.15, -0.1) is 0 Å². The molecule has 1 rings (SSSR count). The Morgan fingerprint density at radius 2 is 1.92 bits per heavy atom. The fourth-order valence-corrected chi connectivity index (χ4v) is 2.45. The molecule has 0 spiro atoms. The summed E-state index contributed by atoms with van der Waals surface area (Å²) in [6.07, 6.45) is 0.647. The first-order valence-electron chi connectivity index (χ1n) is 8.74. The quantitative estimate of drug-likeness (QED) is 0.589. The Balaban J connectivity index is 2.36. The fraction of sp³-hybridized carbons (Fsp3) is 0.684. The molecule has 1 aromatic rings. The number of aryl methyl sites for hydroxylation is 1.